The highest BCUT2D eigenvalue weighted by atomic mass is 32.2. The number of fused-ring (bicyclic) bond motifs is 1. The summed E-state index contributed by atoms with van der Waals surface area (Å²) in [6.45, 7) is 1.92. The molecule has 2 aromatic carbocycles. The van der Waals surface area contributed by atoms with Crippen LogP contribution in [0.5, 0.6) is 0 Å². The Morgan fingerprint density at radius 1 is 1.07 bits per heavy atom. The van der Waals surface area contributed by atoms with Gasteiger partial charge in [-0.05, 0) is 42.0 Å². The van der Waals surface area contributed by atoms with Crippen LogP contribution in [0.3, 0.4) is 0 Å². The fourth-order valence-corrected chi connectivity index (χ4v) is 3.33. The first-order chi connectivity index (χ1) is 13.0. The Labute approximate surface area is 162 Å². The SMILES string of the molecule is Cc1ccc(CN(C)C(=O)COC(=O)CSc2ccc3ccccc3c2)o1. The van der Waals surface area contributed by atoms with Crippen molar-refractivity contribution in [2.24, 2.45) is 0 Å². The summed E-state index contributed by atoms with van der Waals surface area (Å²) in [6.07, 6.45) is 0. The van der Waals surface area contributed by atoms with E-state index in [0.717, 1.165) is 21.4 Å². The Kier molecular flexibility index (Phi) is 6.19. The monoisotopic (exact) mass is 383 g/mol. The Morgan fingerprint density at radius 2 is 1.85 bits per heavy atom. The van der Waals surface area contributed by atoms with Crippen LogP contribution in [-0.2, 0) is 20.9 Å². The minimum absolute atomic E-state index is 0.159. The second kappa shape index (κ2) is 8.77. The Balaban J connectivity index is 1.43. The lowest BCUT2D eigenvalue weighted by atomic mass is 10.1. The van der Waals surface area contributed by atoms with E-state index in [2.05, 4.69) is 0 Å². The fraction of sp³-hybridized carbons (Fsp3) is 0.238. The van der Waals surface area contributed by atoms with Gasteiger partial charge in [-0.25, -0.2) is 0 Å². The molecule has 0 aliphatic heterocycles. The number of ether oxygens (including phenoxy) is 1. The Morgan fingerprint density at radius 3 is 2.59 bits per heavy atom. The van der Waals surface area contributed by atoms with Crippen LogP contribution in [0.25, 0.3) is 10.8 Å². The molecule has 6 heteroatoms. The van der Waals surface area contributed by atoms with Gasteiger partial charge in [-0.1, -0.05) is 30.3 Å². The molecule has 0 radical (unpaired) electrons. The third-order valence-corrected chi connectivity index (χ3v) is 5.02. The zero-order valence-corrected chi connectivity index (χ0v) is 16.1. The van der Waals surface area contributed by atoms with Gasteiger partial charge in [-0.2, -0.15) is 0 Å². The van der Waals surface area contributed by atoms with E-state index in [0.29, 0.717) is 12.3 Å². The standard InChI is InChI=1S/C21H21NO4S/c1-15-7-9-18(26-15)12-22(2)20(23)13-25-21(24)14-27-19-10-8-16-5-3-4-6-17(16)11-19/h3-11H,12-14H2,1-2H3. The summed E-state index contributed by atoms with van der Waals surface area (Å²) in [5.74, 6) is 0.966. The van der Waals surface area contributed by atoms with Crippen LogP contribution < -0.4 is 0 Å². The lowest BCUT2D eigenvalue weighted by Gasteiger charge is -2.15. The lowest BCUT2D eigenvalue weighted by Crippen LogP contribution is -2.31. The predicted octanol–water partition coefficient (Wildman–Crippen LogP) is 4.04. The van der Waals surface area contributed by atoms with Gasteiger partial charge in [-0.15, -0.1) is 11.8 Å². The molecule has 0 fully saturated rings. The summed E-state index contributed by atoms with van der Waals surface area (Å²) in [4.78, 5) is 26.5. The molecule has 0 N–H and O–H groups in total. The minimum atomic E-state index is -0.413. The summed E-state index contributed by atoms with van der Waals surface area (Å²) in [7, 11) is 1.65. The van der Waals surface area contributed by atoms with Gasteiger partial charge in [0.05, 0.1) is 12.3 Å². The maximum absolute atomic E-state index is 12.1. The molecule has 0 atom stereocenters. The van der Waals surface area contributed by atoms with Gasteiger partial charge in [-0.3, -0.25) is 9.59 Å². The third kappa shape index (κ3) is 5.37. The van der Waals surface area contributed by atoms with Crippen LogP contribution in [0.15, 0.2) is 63.9 Å². The van der Waals surface area contributed by atoms with E-state index in [-0.39, 0.29) is 18.3 Å². The van der Waals surface area contributed by atoms with Crippen LogP contribution in [-0.4, -0.2) is 36.2 Å². The van der Waals surface area contributed by atoms with Gasteiger partial charge in [0.15, 0.2) is 6.61 Å². The van der Waals surface area contributed by atoms with Crippen LogP contribution in [0.2, 0.25) is 0 Å². The van der Waals surface area contributed by atoms with E-state index in [1.165, 1.54) is 16.7 Å². The second-order valence-corrected chi connectivity index (χ2v) is 7.27. The molecule has 0 saturated heterocycles. The minimum Gasteiger partial charge on any atom is -0.464 e. The van der Waals surface area contributed by atoms with Crippen molar-refractivity contribution in [3.63, 3.8) is 0 Å². The van der Waals surface area contributed by atoms with Crippen molar-refractivity contribution in [2.45, 2.75) is 18.4 Å². The van der Waals surface area contributed by atoms with Crippen molar-refractivity contribution < 1.29 is 18.7 Å². The number of carbonyl (C=O) groups excluding carboxylic acids is 2. The highest BCUT2D eigenvalue weighted by molar-refractivity contribution is 8.00. The number of hydrogen-bond donors (Lipinski definition) is 0. The van der Waals surface area contributed by atoms with E-state index >= 15 is 0 Å². The van der Waals surface area contributed by atoms with Gasteiger partial charge in [0.2, 0.25) is 0 Å². The molecule has 27 heavy (non-hydrogen) atoms. The number of nitrogens with zero attached hydrogens (tertiary/aromatic N) is 1. The molecule has 1 amide bonds. The van der Waals surface area contributed by atoms with Gasteiger partial charge in [0.1, 0.15) is 11.5 Å². The topological polar surface area (TPSA) is 59.8 Å². The number of benzene rings is 2. The number of likely N-dealkylation sites (N-methyl/N-ethyl adjacent to an activating group) is 1. The van der Waals surface area contributed by atoms with Crippen molar-refractivity contribution in [2.75, 3.05) is 19.4 Å². The zero-order valence-electron chi connectivity index (χ0n) is 15.3. The average Bonchev–Trinajstić information content (AvgIpc) is 3.08. The normalized spacial score (nSPS) is 10.7. The summed E-state index contributed by atoms with van der Waals surface area (Å²) in [5.41, 5.74) is 0. The number of furan rings is 1. The van der Waals surface area contributed by atoms with E-state index in [1.807, 2.05) is 61.5 Å². The number of rotatable bonds is 7. The number of aryl methyl sites for hydroxylation is 1. The molecule has 0 aliphatic carbocycles. The highest BCUT2D eigenvalue weighted by Crippen LogP contribution is 2.23. The summed E-state index contributed by atoms with van der Waals surface area (Å²) in [5, 5.41) is 2.28. The molecular formula is C21H21NO4S. The molecule has 0 saturated carbocycles. The fourth-order valence-electron chi connectivity index (χ4n) is 2.59. The molecule has 0 unspecified atom stereocenters. The largest absolute Gasteiger partial charge is 0.464 e. The van der Waals surface area contributed by atoms with Crippen LogP contribution in [0.4, 0.5) is 0 Å². The Bertz CT molecular complexity index is 950. The molecular weight excluding hydrogens is 362 g/mol. The number of esters is 1. The van der Waals surface area contributed by atoms with Gasteiger partial charge in [0.25, 0.3) is 5.91 Å². The van der Waals surface area contributed by atoms with Crippen LogP contribution >= 0.6 is 11.8 Å². The van der Waals surface area contributed by atoms with Crippen molar-refractivity contribution in [1.82, 2.24) is 4.90 Å². The van der Waals surface area contributed by atoms with Crippen LogP contribution in [0.1, 0.15) is 11.5 Å². The number of carbonyl (C=O) groups is 2. The molecule has 0 bridgehead atoms. The van der Waals surface area contributed by atoms with Crippen LogP contribution in [0, 0.1) is 6.92 Å². The maximum atomic E-state index is 12.1. The summed E-state index contributed by atoms with van der Waals surface area (Å²) >= 11 is 1.39. The lowest BCUT2D eigenvalue weighted by molar-refractivity contribution is -0.149. The van der Waals surface area contributed by atoms with Crippen molar-refractivity contribution in [3.8, 4) is 0 Å². The van der Waals surface area contributed by atoms with Gasteiger partial charge in [0, 0.05) is 11.9 Å². The zero-order chi connectivity index (χ0) is 19.2. The average molecular weight is 383 g/mol. The molecule has 3 aromatic rings. The summed E-state index contributed by atoms with van der Waals surface area (Å²) in [6, 6.07) is 17.8. The first-order valence-corrected chi connectivity index (χ1v) is 9.56. The summed E-state index contributed by atoms with van der Waals surface area (Å²) < 4.78 is 10.5. The van der Waals surface area contributed by atoms with Gasteiger partial charge < -0.3 is 14.1 Å². The van der Waals surface area contributed by atoms with E-state index in [1.54, 1.807) is 7.05 Å². The highest BCUT2D eigenvalue weighted by Gasteiger charge is 2.14. The second-order valence-electron chi connectivity index (χ2n) is 6.22. The predicted molar refractivity (Wildman–Crippen MR) is 106 cm³/mol. The molecule has 1 aromatic heterocycles. The molecule has 0 spiro atoms. The Hall–Kier alpha value is -2.73. The van der Waals surface area contributed by atoms with Crippen molar-refractivity contribution in [3.05, 3.63) is 66.1 Å². The van der Waals surface area contributed by atoms with Crippen molar-refractivity contribution >= 4 is 34.4 Å². The van der Waals surface area contributed by atoms with E-state index in [9.17, 15) is 9.59 Å². The van der Waals surface area contributed by atoms with E-state index < -0.39 is 5.97 Å². The third-order valence-electron chi connectivity index (χ3n) is 4.05. The number of hydrogen-bond acceptors (Lipinski definition) is 5. The molecule has 3 rings (SSSR count). The first-order valence-electron chi connectivity index (χ1n) is 8.58. The smallest absolute Gasteiger partial charge is 0.316 e. The molecule has 140 valence electrons. The molecule has 5 nitrogen and oxygen atoms in total. The van der Waals surface area contributed by atoms with Crippen molar-refractivity contribution in [1.29, 1.82) is 0 Å². The molecule has 1 heterocycles. The molecule has 0 aliphatic rings. The maximum Gasteiger partial charge on any atom is 0.316 e. The van der Waals surface area contributed by atoms with Gasteiger partial charge >= 0.3 is 5.97 Å². The number of thioether (sulfide) groups is 1. The first kappa shape index (κ1) is 19.0. The number of amides is 1. The van der Waals surface area contributed by atoms with E-state index in [4.69, 9.17) is 9.15 Å². The quantitative estimate of drug-likeness (QED) is 0.455.